The van der Waals surface area contributed by atoms with Gasteiger partial charge in [0.15, 0.2) is 0 Å². The third-order valence-corrected chi connectivity index (χ3v) is 5.84. The predicted molar refractivity (Wildman–Crippen MR) is 119 cm³/mol. The second-order valence-corrected chi connectivity index (χ2v) is 8.06. The maximum absolute atomic E-state index is 12.6. The van der Waals surface area contributed by atoms with Crippen molar-refractivity contribution in [1.29, 1.82) is 0 Å². The summed E-state index contributed by atoms with van der Waals surface area (Å²) < 4.78 is 5.60. The molecule has 0 amide bonds. The summed E-state index contributed by atoms with van der Waals surface area (Å²) in [4.78, 5) is 25.2. The van der Waals surface area contributed by atoms with Gasteiger partial charge in [0.2, 0.25) is 0 Å². The van der Waals surface area contributed by atoms with Crippen molar-refractivity contribution in [2.45, 2.75) is 12.3 Å². The summed E-state index contributed by atoms with van der Waals surface area (Å²) in [5, 5.41) is 11.2. The van der Waals surface area contributed by atoms with E-state index in [0.29, 0.717) is 5.02 Å². The van der Waals surface area contributed by atoms with Crippen LogP contribution in [0.3, 0.4) is 0 Å². The molecule has 1 aliphatic rings. The van der Waals surface area contributed by atoms with E-state index in [0.717, 1.165) is 30.6 Å². The summed E-state index contributed by atoms with van der Waals surface area (Å²) >= 11 is 6.46. The van der Waals surface area contributed by atoms with Crippen LogP contribution in [0.15, 0.2) is 66.7 Å². The quantitative estimate of drug-likeness (QED) is 0.246. The van der Waals surface area contributed by atoms with Gasteiger partial charge in [-0.15, -0.1) is 0 Å². The Labute approximate surface area is 185 Å². The summed E-state index contributed by atoms with van der Waals surface area (Å²) in [5.74, 6) is -0.203. The lowest BCUT2D eigenvalue weighted by Gasteiger charge is -2.22. The molecule has 4 rings (SSSR count). The molecule has 31 heavy (non-hydrogen) atoms. The highest BCUT2D eigenvalue weighted by atomic mass is 35.5. The zero-order valence-corrected chi connectivity index (χ0v) is 17.7. The van der Waals surface area contributed by atoms with Gasteiger partial charge in [0, 0.05) is 31.1 Å². The van der Waals surface area contributed by atoms with E-state index in [2.05, 4.69) is 24.1 Å². The zero-order valence-electron chi connectivity index (χ0n) is 17.0. The maximum Gasteiger partial charge on any atom is 0.343 e. The van der Waals surface area contributed by atoms with Crippen molar-refractivity contribution < 1.29 is 14.5 Å². The van der Waals surface area contributed by atoms with Crippen LogP contribution >= 0.6 is 11.6 Å². The Morgan fingerprint density at radius 3 is 2.52 bits per heavy atom. The Balaban J connectivity index is 1.67. The number of carbonyl (C=O) groups is 1. The Morgan fingerprint density at radius 1 is 1.13 bits per heavy atom. The van der Waals surface area contributed by atoms with E-state index in [1.165, 1.54) is 29.8 Å². The number of nitrogens with zero attached hydrogens (tertiary/aromatic N) is 2. The van der Waals surface area contributed by atoms with Crippen molar-refractivity contribution >= 4 is 23.3 Å². The SMILES string of the molecule is CN1CCc2cc(Cl)c(OC(=O)c3ccc([N+](=O)[O-])cc3)cc2[C@@H](c2ccccc2)C1. The lowest BCUT2D eigenvalue weighted by molar-refractivity contribution is -0.384. The monoisotopic (exact) mass is 436 g/mol. The van der Waals surface area contributed by atoms with Gasteiger partial charge in [-0.25, -0.2) is 4.79 Å². The van der Waals surface area contributed by atoms with Crippen LogP contribution < -0.4 is 4.74 Å². The molecule has 0 aliphatic carbocycles. The second kappa shape index (κ2) is 8.88. The van der Waals surface area contributed by atoms with E-state index >= 15 is 0 Å². The zero-order chi connectivity index (χ0) is 22.0. The number of fused-ring (bicyclic) bond motifs is 1. The molecule has 1 heterocycles. The summed E-state index contributed by atoms with van der Waals surface area (Å²) in [7, 11) is 2.10. The van der Waals surface area contributed by atoms with Crippen LogP contribution in [0, 0.1) is 10.1 Å². The van der Waals surface area contributed by atoms with Gasteiger partial charge >= 0.3 is 5.97 Å². The number of non-ortho nitro benzene ring substituents is 1. The first-order chi connectivity index (χ1) is 14.9. The van der Waals surface area contributed by atoms with Gasteiger partial charge < -0.3 is 9.64 Å². The Bertz CT molecular complexity index is 1120. The fraction of sp³-hybridized carbons (Fsp3) is 0.208. The van der Waals surface area contributed by atoms with Gasteiger partial charge in [0.05, 0.1) is 15.5 Å². The van der Waals surface area contributed by atoms with Gasteiger partial charge in [-0.05, 0) is 54.4 Å². The molecule has 0 saturated heterocycles. The predicted octanol–water partition coefficient (Wildman–Crippen LogP) is 5.09. The lowest BCUT2D eigenvalue weighted by Crippen LogP contribution is -2.24. The number of likely N-dealkylation sites (N-methyl/N-ethyl adjacent to an activating group) is 1. The molecule has 0 spiro atoms. The molecule has 0 radical (unpaired) electrons. The molecule has 0 N–H and O–H groups in total. The number of rotatable bonds is 4. The average molecular weight is 437 g/mol. The van der Waals surface area contributed by atoms with Crippen molar-refractivity contribution in [3.63, 3.8) is 0 Å². The average Bonchev–Trinajstić information content (AvgIpc) is 2.93. The van der Waals surface area contributed by atoms with E-state index in [1.54, 1.807) is 0 Å². The molecule has 0 bridgehead atoms. The molecule has 0 fully saturated rings. The van der Waals surface area contributed by atoms with Crippen LogP contribution in [0.25, 0.3) is 0 Å². The molecule has 6 nitrogen and oxygen atoms in total. The number of esters is 1. The first kappa shape index (κ1) is 21.0. The third-order valence-electron chi connectivity index (χ3n) is 5.54. The molecule has 3 aromatic carbocycles. The van der Waals surface area contributed by atoms with Crippen LogP contribution in [0.5, 0.6) is 5.75 Å². The highest BCUT2D eigenvalue weighted by Crippen LogP contribution is 2.37. The fourth-order valence-corrected chi connectivity index (χ4v) is 4.12. The number of nitro groups is 1. The normalized spacial score (nSPS) is 16.3. The van der Waals surface area contributed by atoms with Crippen molar-refractivity contribution in [1.82, 2.24) is 4.90 Å². The number of carbonyl (C=O) groups excluding carboxylic acids is 1. The largest absolute Gasteiger partial charge is 0.421 e. The summed E-state index contributed by atoms with van der Waals surface area (Å²) in [6.07, 6.45) is 0.853. The number of benzene rings is 3. The van der Waals surface area contributed by atoms with Gasteiger partial charge in [-0.1, -0.05) is 41.9 Å². The van der Waals surface area contributed by atoms with E-state index in [-0.39, 0.29) is 22.9 Å². The van der Waals surface area contributed by atoms with Gasteiger partial charge in [-0.2, -0.15) is 0 Å². The van der Waals surface area contributed by atoms with Crippen molar-refractivity contribution in [3.05, 3.63) is 104 Å². The topological polar surface area (TPSA) is 72.7 Å². The highest BCUT2D eigenvalue weighted by Gasteiger charge is 2.25. The molecule has 0 aromatic heterocycles. The van der Waals surface area contributed by atoms with Crippen molar-refractivity contribution in [2.75, 3.05) is 20.1 Å². The van der Waals surface area contributed by atoms with Crippen LogP contribution in [0.2, 0.25) is 5.02 Å². The number of halogens is 1. The molecule has 158 valence electrons. The van der Waals surface area contributed by atoms with Crippen LogP contribution in [0.1, 0.15) is 33.0 Å². The number of nitro benzene ring substituents is 1. The van der Waals surface area contributed by atoms with Gasteiger partial charge in [0.1, 0.15) is 5.75 Å². The van der Waals surface area contributed by atoms with Crippen LogP contribution in [-0.4, -0.2) is 35.9 Å². The standard InChI is InChI=1S/C24H21ClN2O4/c1-26-12-11-18-13-22(25)23(14-20(18)21(15-26)16-5-3-2-4-6-16)31-24(28)17-7-9-19(10-8-17)27(29)30/h2-10,13-14,21H,11-12,15H2,1H3/t21-/m1/s1. The summed E-state index contributed by atoms with van der Waals surface area (Å²) in [6.45, 7) is 1.75. The minimum Gasteiger partial charge on any atom is -0.421 e. The van der Waals surface area contributed by atoms with Gasteiger partial charge in [-0.3, -0.25) is 10.1 Å². The van der Waals surface area contributed by atoms with Gasteiger partial charge in [0.25, 0.3) is 5.69 Å². The van der Waals surface area contributed by atoms with E-state index < -0.39 is 10.9 Å². The second-order valence-electron chi connectivity index (χ2n) is 7.65. The number of hydrogen-bond acceptors (Lipinski definition) is 5. The summed E-state index contributed by atoms with van der Waals surface area (Å²) in [6, 6.07) is 19.3. The third kappa shape index (κ3) is 4.60. The minimum absolute atomic E-state index is 0.0885. The molecule has 0 saturated carbocycles. The summed E-state index contributed by atoms with van der Waals surface area (Å²) in [5.41, 5.74) is 3.54. The molecule has 1 atom stereocenters. The Morgan fingerprint density at radius 2 is 1.84 bits per heavy atom. The molecule has 0 unspecified atom stereocenters. The molecule has 3 aromatic rings. The molecule has 7 heteroatoms. The first-order valence-corrected chi connectivity index (χ1v) is 10.3. The molecule has 1 aliphatic heterocycles. The lowest BCUT2D eigenvalue weighted by atomic mass is 9.88. The number of hydrogen-bond donors (Lipinski definition) is 0. The van der Waals surface area contributed by atoms with Crippen LogP contribution in [0.4, 0.5) is 5.69 Å². The molecular weight excluding hydrogens is 416 g/mol. The minimum atomic E-state index is -0.612. The smallest absolute Gasteiger partial charge is 0.343 e. The maximum atomic E-state index is 12.6. The first-order valence-electron chi connectivity index (χ1n) is 9.95. The van der Waals surface area contributed by atoms with E-state index in [4.69, 9.17) is 16.3 Å². The van der Waals surface area contributed by atoms with E-state index in [9.17, 15) is 14.9 Å². The van der Waals surface area contributed by atoms with Crippen molar-refractivity contribution in [2.24, 2.45) is 0 Å². The molecular formula is C24H21ClN2O4. The van der Waals surface area contributed by atoms with E-state index in [1.807, 2.05) is 30.3 Å². The highest BCUT2D eigenvalue weighted by molar-refractivity contribution is 6.32. The Hall–Kier alpha value is -3.22. The van der Waals surface area contributed by atoms with Crippen molar-refractivity contribution in [3.8, 4) is 5.75 Å². The number of ether oxygens (including phenoxy) is 1. The van der Waals surface area contributed by atoms with Crippen LogP contribution in [-0.2, 0) is 6.42 Å². The Kier molecular flexibility index (Phi) is 6.02. The fourth-order valence-electron chi connectivity index (χ4n) is 3.89.